The summed E-state index contributed by atoms with van der Waals surface area (Å²) in [6, 6.07) is 1.80. The average molecular weight is 270 g/mol. The fourth-order valence-corrected chi connectivity index (χ4v) is 2.65. The number of hydrogen-bond acceptors (Lipinski definition) is 5. The van der Waals surface area contributed by atoms with Crippen LogP contribution in [-0.2, 0) is 0 Å². The van der Waals surface area contributed by atoms with Crippen molar-refractivity contribution < 1.29 is 4.79 Å². The summed E-state index contributed by atoms with van der Waals surface area (Å²) in [5, 5.41) is 10.5. The van der Waals surface area contributed by atoms with Gasteiger partial charge < -0.3 is 10.4 Å². The normalized spacial score (nSPS) is 10.8. The number of thiazole rings is 1. The van der Waals surface area contributed by atoms with Crippen molar-refractivity contribution in [3.63, 3.8) is 0 Å². The molecule has 0 aliphatic carbocycles. The fraction of sp³-hybridized carbons (Fsp3) is 0.0769. The van der Waals surface area contributed by atoms with Gasteiger partial charge in [0.15, 0.2) is 5.01 Å². The summed E-state index contributed by atoms with van der Waals surface area (Å²) in [5.74, 6) is -0.130. The van der Waals surface area contributed by atoms with Crippen LogP contribution in [0.4, 0.5) is 0 Å². The molecular formula is C13H10N4OS. The van der Waals surface area contributed by atoms with Gasteiger partial charge in [-0.3, -0.25) is 9.78 Å². The Bertz CT molecular complexity index is 787. The molecule has 3 rings (SSSR count). The zero-order valence-electron chi connectivity index (χ0n) is 10.1. The Kier molecular flexibility index (Phi) is 2.72. The van der Waals surface area contributed by atoms with Crippen molar-refractivity contribution in [1.82, 2.24) is 15.0 Å². The Morgan fingerprint density at radius 2 is 2.32 bits per heavy atom. The molecule has 0 aliphatic heterocycles. The number of nitrogens with zero attached hydrogens (tertiary/aromatic N) is 2. The molecule has 3 aromatic rings. The van der Waals surface area contributed by atoms with E-state index in [9.17, 15) is 4.79 Å². The van der Waals surface area contributed by atoms with Gasteiger partial charge in [0.25, 0.3) is 0 Å². The lowest BCUT2D eigenvalue weighted by Crippen LogP contribution is -2.01. The number of aromatic nitrogens is 3. The first-order valence-electron chi connectivity index (χ1n) is 5.63. The van der Waals surface area contributed by atoms with Crippen LogP contribution in [0.3, 0.4) is 0 Å². The molecule has 0 aliphatic rings. The first kappa shape index (κ1) is 11.7. The van der Waals surface area contributed by atoms with Crippen LogP contribution in [0.2, 0.25) is 0 Å². The van der Waals surface area contributed by atoms with E-state index in [-0.39, 0.29) is 5.78 Å². The second kappa shape index (κ2) is 4.40. The molecule has 19 heavy (non-hydrogen) atoms. The van der Waals surface area contributed by atoms with Crippen molar-refractivity contribution in [2.24, 2.45) is 0 Å². The number of nitrogens with one attached hydrogen (secondary N) is 2. The van der Waals surface area contributed by atoms with Gasteiger partial charge >= 0.3 is 0 Å². The number of pyridine rings is 1. The van der Waals surface area contributed by atoms with Gasteiger partial charge in [-0.1, -0.05) is 0 Å². The molecular weight excluding hydrogens is 260 g/mol. The SMILES string of the molecule is CC(=N)c1csc(C(=O)c2c[nH]c3cnccc23)n1. The molecule has 0 atom stereocenters. The summed E-state index contributed by atoms with van der Waals surface area (Å²) < 4.78 is 0. The summed E-state index contributed by atoms with van der Waals surface area (Å²) in [7, 11) is 0. The van der Waals surface area contributed by atoms with Gasteiger partial charge in [0.05, 0.1) is 28.7 Å². The zero-order chi connectivity index (χ0) is 13.4. The molecule has 0 bridgehead atoms. The zero-order valence-corrected chi connectivity index (χ0v) is 10.9. The molecule has 0 spiro atoms. The van der Waals surface area contributed by atoms with Gasteiger partial charge in [-0.15, -0.1) is 11.3 Å². The predicted octanol–water partition coefficient (Wildman–Crippen LogP) is 2.64. The molecule has 3 heterocycles. The molecule has 6 heteroatoms. The molecule has 0 aromatic carbocycles. The van der Waals surface area contributed by atoms with Crippen molar-refractivity contribution in [2.75, 3.05) is 0 Å². The van der Waals surface area contributed by atoms with Gasteiger partial charge in [-0.25, -0.2) is 4.98 Å². The maximum Gasteiger partial charge on any atom is 0.223 e. The number of H-pyrrole nitrogens is 1. The monoisotopic (exact) mass is 270 g/mol. The van der Waals surface area contributed by atoms with Crippen LogP contribution in [-0.4, -0.2) is 26.4 Å². The van der Waals surface area contributed by atoms with Gasteiger partial charge in [0.1, 0.15) is 0 Å². The molecule has 2 N–H and O–H groups in total. The lowest BCUT2D eigenvalue weighted by atomic mass is 10.1. The van der Waals surface area contributed by atoms with Crippen LogP contribution >= 0.6 is 11.3 Å². The third-order valence-corrected chi connectivity index (χ3v) is 3.65. The average Bonchev–Trinajstić information content (AvgIpc) is 3.05. The van der Waals surface area contributed by atoms with Crippen LogP contribution < -0.4 is 0 Å². The lowest BCUT2D eigenvalue weighted by Gasteiger charge is -1.94. The standard InChI is InChI=1S/C13H10N4OS/c1-7(14)11-6-19-13(17-11)12(18)9-4-16-10-5-15-3-2-8(9)10/h2-6,14,16H,1H3. The molecule has 94 valence electrons. The number of rotatable bonds is 3. The molecule has 0 radical (unpaired) electrons. The summed E-state index contributed by atoms with van der Waals surface area (Å²) in [6.07, 6.45) is 5.01. The minimum absolute atomic E-state index is 0.130. The van der Waals surface area contributed by atoms with Crippen LogP contribution in [0.25, 0.3) is 10.9 Å². The molecule has 0 amide bonds. The van der Waals surface area contributed by atoms with Crippen molar-refractivity contribution >= 4 is 33.7 Å². The number of hydrogen-bond donors (Lipinski definition) is 2. The summed E-state index contributed by atoms with van der Waals surface area (Å²) >= 11 is 1.26. The highest BCUT2D eigenvalue weighted by atomic mass is 32.1. The molecule has 3 aromatic heterocycles. The smallest absolute Gasteiger partial charge is 0.223 e. The van der Waals surface area contributed by atoms with Gasteiger partial charge in [-0.05, 0) is 13.0 Å². The highest BCUT2D eigenvalue weighted by Crippen LogP contribution is 2.22. The number of fused-ring (bicyclic) bond motifs is 1. The van der Waals surface area contributed by atoms with E-state index in [1.54, 1.807) is 37.0 Å². The van der Waals surface area contributed by atoms with Crippen molar-refractivity contribution in [2.45, 2.75) is 6.92 Å². The van der Waals surface area contributed by atoms with Crippen LogP contribution in [0.1, 0.15) is 28.0 Å². The molecule has 0 unspecified atom stereocenters. The Balaban J connectivity index is 2.05. The second-order valence-corrected chi connectivity index (χ2v) is 4.97. The first-order valence-corrected chi connectivity index (χ1v) is 6.51. The minimum Gasteiger partial charge on any atom is -0.359 e. The lowest BCUT2D eigenvalue weighted by molar-refractivity contribution is 0.104. The fourth-order valence-electron chi connectivity index (χ4n) is 1.83. The number of carbonyl (C=O) groups excluding carboxylic acids is 1. The van der Waals surface area contributed by atoms with E-state index in [0.717, 1.165) is 10.9 Å². The van der Waals surface area contributed by atoms with E-state index < -0.39 is 0 Å². The minimum atomic E-state index is -0.130. The maximum atomic E-state index is 12.4. The van der Waals surface area contributed by atoms with E-state index >= 15 is 0 Å². The number of ketones is 1. The molecule has 0 saturated carbocycles. The van der Waals surface area contributed by atoms with Crippen molar-refractivity contribution in [3.8, 4) is 0 Å². The van der Waals surface area contributed by atoms with E-state index in [1.165, 1.54) is 11.3 Å². The van der Waals surface area contributed by atoms with E-state index in [1.807, 2.05) is 0 Å². The molecule has 5 nitrogen and oxygen atoms in total. The van der Waals surface area contributed by atoms with Crippen LogP contribution in [0.15, 0.2) is 30.0 Å². The topological polar surface area (TPSA) is 82.5 Å². The summed E-state index contributed by atoms with van der Waals surface area (Å²) in [5.41, 5.74) is 2.32. The van der Waals surface area contributed by atoms with Crippen molar-refractivity contribution in [3.05, 3.63) is 46.3 Å². The van der Waals surface area contributed by atoms with Crippen LogP contribution in [0.5, 0.6) is 0 Å². The Hall–Kier alpha value is -2.34. The van der Waals surface area contributed by atoms with Crippen molar-refractivity contribution in [1.29, 1.82) is 5.41 Å². The third kappa shape index (κ3) is 1.96. The quantitative estimate of drug-likeness (QED) is 0.567. The summed E-state index contributed by atoms with van der Waals surface area (Å²) in [4.78, 5) is 23.6. The highest BCUT2D eigenvalue weighted by Gasteiger charge is 2.17. The van der Waals surface area contributed by atoms with E-state index in [0.29, 0.717) is 22.0 Å². The van der Waals surface area contributed by atoms with Gasteiger partial charge in [0, 0.05) is 23.2 Å². The highest BCUT2D eigenvalue weighted by molar-refractivity contribution is 7.12. The molecule has 0 fully saturated rings. The molecule has 0 saturated heterocycles. The second-order valence-electron chi connectivity index (χ2n) is 4.12. The van der Waals surface area contributed by atoms with E-state index in [4.69, 9.17) is 5.41 Å². The van der Waals surface area contributed by atoms with Crippen LogP contribution in [0, 0.1) is 5.41 Å². The van der Waals surface area contributed by atoms with E-state index in [2.05, 4.69) is 15.0 Å². The largest absolute Gasteiger partial charge is 0.359 e. The summed E-state index contributed by atoms with van der Waals surface area (Å²) in [6.45, 7) is 1.65. The Labute approximate surface area is 112 Å². The third-order valence-electron chi connectivity index (χ3n) is 2.81. The van der Waals surface area contributed by atoms with Gasteiger partial charge in [0.2, 0.25) is 5.78 Å². The first-order chi connectivity index (χ1) is 9.16. The Morgan fingerprint density at radius 1 is 1.47 bits per heavy atom. The van der Waals surface area contributed by atoms with Gasteiger partial charge in [-0.2, -0.15) is 0 Å². The predicted molar refractivity (Wildman–Crippen MR) is 74.1 cm³/mol. The maximum absolute atomic E-state index is 12.4. The number of aromatic amines is 1. The number of carbonyl (C=O) groups is 1. The Morgan fingerprint density at radius 3 is 3.05 bits per heavy atom.